The molecule has 142 valence electrons. The first-order chi connectivity index (χ1) is 12.7. The third-order valence-corrected chi connectivity index (χ3v) is 5.36. The number of H-pyrrole nitrogens is 1. The summed E-state index contributed by atoms with van der Waals surface area (Å²) in [5, 5.41) is 17.3. The summed E-state index contributed by atoms with van der Waals surface area (Å²) in [6, 6.07) is 10.0. The zero-order valence-electron chi connectivity index (χ0n) is 15.3. The number of aliphatic hydroxyl groups excluding tert-OH is 1. The van der Waals surface area contributed by atoms with Gasteiger partial charge in [-0.05, 0) is 19.2 Å². The first-order valence-corrected chi connectivity index (χ1v) is 10.2. The molecule has 1 aromatic carbocycles. The number of nitrogens with one attached hydrogen (secondary N) is 1. The molecule has 2 aromatic rings. The van der Waals surface area contributed by atoms with Crippen LogP contribution in [0.1, 0.15) is 11.3 Å². The smallest absolute Gasteiger partial charge is 0.123 e. The molecule has 6 nitrogen and oxygen atoms in total. The van der Waals surface area contributed by atoms with Gasteiger partial charge in [-0.2, -0.15) is 16.9 Å². The molecule has 7 heteroatoms. The van der Waals surface area contributed by atoms with Crippen molar-refractivity contribution in [2.45, 2.75) is 19.2 Å². The first kappa shape index (κ1) is 19.2. The van der Waals surface area contributed by atoms with Crippen molar-refractivity contribution in [1.29, 1.82) is 0 Å². The van der Waals surface area contributed by atoms with Crippen molar-refractivity contribution in [2.75, 3.05) is 44.8 Å². The highest BCUT2D eigenvalue weighted by Gasteiger charge is 2.16. The Morgan fingerprint density at radius 2 is 2.08 bits per heavy atom. The van der Waals surface area contributed by atoms with Crippen molar-refractivity contribution in [3.05, 3.63) is 47.8 Å². The van der Waals surface area contributed by atoms with E-state index in [2.05, 4.69) is 33.1 Å². The molecule has 3 rings (SSSR count). The van der Waals surface area contributed by atoms with Gasteiger partial charge in [0, 0.05) is 61.7 Å². The molecule has 2 N–H and O–H groups in total. The van der Waals surface area contributed by atoms with E-state index in [0.29, 0.717) is 13.2 Å². The van der Waals surface area contributed by atoms with Crippen LogP contribution in [0.15, 0.2) is 36.5 Å². The van der Waals surface area contributed by atoms with Crippen LogP contribution in [-0.2, 0) is 13.1 Å². The number of β-amino-alcohol motifs (C(OH)–C–C–N with tert-alkyl or cyclic N) is 1. The second-order valence-electron chi connectivity index (χ2n) is 6.74. The molecule has 1 atom stereocenters. The van der Waals surface area contributed by atoms with Gasteiger partial charge >= 0.3 is 0 Å². The van der Waals surface area contributed by atoms with E-state index in [1.54, 1.807) is 6.20 Å². The Bertz CT molecular complexity index is 647. The van der Waals surface area contributed by atoms with Crippen molar-refractivity contribution < 1.29 is 9.84 Å². The zero-order chi connectivity index (χ0) is 18.2. The Labute approximate surface area is 159 Å². The number of aromatic amines is 1. The molecule has 0 bridgehead atoms. The lowest BCUT2D eigenvalue weighted by Gasteiger charge is -2.28. The fourth-order valence-electron chi connectivity index (χ4n) is 3.11. The lowest BCUT2D eigenvalue weighted by Crippen LogP contribution is -2.40. The quantitative estimate of drug-likeness (QED) is 0.696. The number of nitrogens with zero attached hydrogens (tertiary/aromatic N) is 3. The van der Waals surface area contributed by atoms with E-state index in [-0.39, 0.29) is 0 Å². The second kappa shape index (κ2) is 9.97. The van der Waals surface area contributed by atoms with E-state index in [0.717, 1.165) is 54.7 Å². The van der Waals surface area contributed by atoms with Crippen molar-refractivity contribution in [1.82, 2.24) is 20.0 Å². The van der Waals surface area contributed by atoms with Gasteiger partial charge in [0.1, 0.15) is 18.5 Å². The third-order valence-electron chi connectivity index (χ3n) is 4.42. The second-order valence-corrected chi connectivity index (χ2v) is 7.96. The van der Waals surface area contributed by atoms with Crippen LogP contribution in [0.25, 0.3) is 0 Å². The number of rotatable bonds is 9. The van der Waals surface area contributed by atoms with Crippen molar-refractivity contribution in [3.8, 4) is 5.75 Å². The summed E-state index contributed by atoms with van der Waals surface area (Å²) >= 11 is 1.98. The van der Waals surface area contributed by atoms with Crippen molar-refractivity contribution in [2.24, 2.45) is 0 Å². The molecule has 1 saturated heterocycles. The van der Waals surface area contributed by atoms with Crippen LogP contribution in [0.3, 0.4) is 0 Å². The number of benzene rings is 1. The minimum Gasteiger partial charge on any atom is -0.491 e. The van der Waals surface area contributed by atoms with Crippen molar-refractivity contribution >= 4 is 11.8 Å². The Balaban J connectivity index is 1.49. The van der Waals surface area contributed by atoms with Gasteiger partial charge in [0.2, 0.25) is 0 Å². The Hall–Kier alpha value is -1.54. The number of hydrogen-bond acceptors (Lipinski definition) is 6. The molecule has 0 saturated carbocycles. The van der Waals surface area contributed by atoms with Crippen LogP contribution in [-0.4, -0.2) is 76.0 Å². The van der Waals surface area contributed by atoms with Gasteiger partial charge in [0.15, 0.2) is 0 Å². The van der Waals surface area contributed by atoms with E-state index in [9.17, 15) is 5.11 Å². The summed E-state index contributed by atoms with van der Waals surface area (Å²) in [6.07, 6.45) is 1.30. The number of para-hydroxylation sites is 1. The molecule has 2 heterocycles. The molecule has 0 amide bonds. The number of aromatic nitrogens is 2. The highest BCUT2D eigenvalue weighted by molar-refractivity contribution is 7.99. The lowest BCUT2D eigenvalue weighted by atomic mass is 10.2. The summed E-state index contributed by atoms with van der Waals surface area (Å²) in [5.74, 6) is 3.15. The summed E-state index contributed by atoms with van der Waals surface area (Å²) < 4.78 is 5.95. The van der Waals surface area contributed by atoms with E-state index in [1.807, 2.05) is 36.0 Å². The fraction of sp³-hybridized carbons (Fsp3) is 0.526. The van der Waals surface area contributed by atoms with Crippen molar-refractivity contribution in [3.63, 3.8) is 0 Å². The van der Waals surface area contributed by atoms with Gasteiger partial charge in [0.25, 0.3) is 0 Å². The SMILES string of the molecule is CN(Cc1ccn[nH]1)Cc1ccccc1OCC(O)CN1CCSCC1. The molecular formula is C19H28N4O2S. The Morgan fingerprint density at radius 3 is 2.85 bits per heavy atom. The van der Waals surface area contributed by atoms with Gasteiger partial charge < -0.3 is 9.84 Å². The van der Waals surface area contributed by atoms with Crippen LogP contribution < -0.4 is 4.74 Å². The molecule has 1 fully saturated rings. The molecule has 1 aliphatic rings. The predicted molar refractivity (Wildman–Crippen MR) is 105 cm³/mol. The maximum Gasteiger partial charge on any atom is 0.123 e. The summed E-state index contributed by atoms with van der Waals surface area (Å²) in [6.45, 7) is 4.68. The molecule has 1 unspecified atom stereocenters. The topological polar surface area (TPSA) is 64.6 Å². The summed E-state index contributed by atoms with van der Waals surface area (Å²) in [5.41, 5.74) is 2.21. The Kier molecular flexibility index (Phi) is 7.37. The molecule has 1 aromatic heterocycles. The van der Waals surface area contributed by atoms with E-state index >= 15 is 0 Å². The summed E-state index contributed by atoms with van der Waals surface area (Å²) in [4.78, 5) is 4.52. The number of hydrogen-bond donors (Lipinski definition) is 2. The predicted octanol–water partition coefficient (Wildman–Crippen LogP) is 1.83. The standard InChI is InChI=1S/C19H28N4O2S/c1-22(13-17-6-7-20-21-17)12-16-4-2-3-5-19(16)25-15-18(24)14-23-8-10-26-11-9-23/h2-7,18,24H,8-15H2,1H3,(H,20,21). The van der Waals surface area contributed by atoms with Crippen LogP contribution in [0.5, 0.6) is 5.75 Å². The molecule has 26 heavy (non-hydrogen) atoms. The average Bonchev–Trinajstić information content (AvgIpc) is 3.14. The maximum absolute atomic E-state index is 10.3. The van der Waals surface area contributed by atoms with E-state index in [1.165, 1.54) is 0 Å². The highest BCUT2D eigenvalue weighted by Crippen LogP contribution is 2.20. The van der Waals surface area contributed by atoms with Crippen LogP contribution in [0.4, 0.5) is 0 Å². The number of aliphatic hydroxyl groups is 1. The first-order valence-electron chi connectivity index (χ1n) is 9.06. The normalized spacial score (nSPS) is 16.7. The molecular weight excluding hydrogens is 348 g/mol. The van der Waals surface area contributed by atoms with Crippen LogP contribution in [0.2, 0.25) is 0 Å². The van der Waals surface area contributed by atoms with Gasteiger partial charge in [-0.15, -0.1) is 0 Å². The van der Waals surface area contributed by atoms with Crippen LogP contribution >= 0.6 is 11.8 Å². The molecule has 0 spiro atoms. The fourth-order valence-corrected chi connectivity index (χ4v) is 4.08. The largest absolute Gasteiger partial charge is 0.491 e. The lowest BCUT2D eigenvalue weighted by molar-refractivity contribution is 0.0709. The molecule has 0 aliphatic carbocycles. The monoisotopic (exact) mass is 376 g/mol. The summed E-state index contributed by atoms with van der Waals surface area (Å²) in [7, 11) is 2.07. The van der Waals surface area contributed by atoms with E-state index < -0.39 is 6.10 Å². The van der Waals surface area contributed by atoms with Gasteiger partial charge in [-0.3, -0.25) is 14.9 Å². The highest BCUT2D eigenvalue weighted by atomic mass is 32.2. The average molecular weight is 377 g/mol. The van der Waals surface area contributed by atoms with Crippen LogP contribution in [0, 0.1) is 0 Å². The zero-order valence-corrected chi connectivity index (χ0v) is 16.1. The van der Waals surface area contributed by atoms with Gasteiger partial charge in [-0.25, -0.2) is 0 Å². The molecule has 0 radical (unpaired) electrons. The molecule has 1 aliphatic heterocycles. The third kappa shape index (κ3) is 6.02. The maximum atomic E-state index is 10.3. The van der Waals surface area contributed by atoms with E-state index in [4.69, 9.17) is 4.74 Å². The minimum atomic E-state index is -0.464. The number of ether oxygens (including phenoxy) is 1. The van der Waals surface area contributed by atoms with Gasteiger partial charge in [-0.1, -0.05) is 18.2 Å². The number of thioether (sulfide) groups is 1. The van der Waals surface area contributed by atoms with Gasteiger partial charge in [0.05, 0.1) is 0 Å². The Morgan fingerprint density at radius 1 is 1.27 bits per heavy atom. The minimum absolute atomic E-state index is 0.324.